The minimum absolute atomic E-state index is 0.164. The molecular formula is C13H18O3. The molecule has 1 aromatic rings. The molecule has 0 spiro atoms. The Kier molecular flexibility index (Phi) is 4.35. The first-order chi connectivity index (χ1) is 7.58. The maximum atomic E-state index is 11.2. The van der Waals surface area contributed by atoms with Gasteiger partial charge in [0.05, 0.1) is 20.6 Å². The Morgan fingerprint density at radius 3 is 2.56 bits per heavy atom. The van der Waals surface area contributed by atoms with Gasteiger partial charge in [0.1, 0.15) is 5.75 Å². The molecule has 1 rings (SSSR count). The monoisotopic (exact) mass is 222 g/mol. The Bertz CT molecular complexity index is 371. The summed E-state index contributed by atoms with van der Waals surface area (Å²) in [6, 6.07) is 5.96. The van der Waals surface area contributed by atoms with E-state index in [0.717, 1.165) is 16.9 Å². The minimum Gasteiger partial charge on any atom is -0.496 e. The second-order valence-electron chi connectivity index (χ2n) is 3.91. The van der Waals surface area contributed by atoms with Crippen molar-refractivity contribution in [2.75, 3.05) is 14.2 Å². The number of benzene rings is 1. The van der Waals surface area contributed by atoms with E-state index in [0.29, 0.717) is 6.42 Å². The first-order valence-corrected chi connectivity index (χ1v) is 5.29. The van der Waals surface area contributed by atoms with E-state index in [1.54, 1.807) is 7.11 Å². The fraction of sp³-hybridized carbons (Fsp3) is 0.462. The molecule has 0 radical (unpaired) electrons. The van der Waals surface area contributed by atoms with Crippen molar-refractivity contribution in [3.05, 3.63) is 29.3 Å². The van der Waals surface area contributed by atoms with Crippen molar-refractivity contribution in [1.82, 2.24) is 0 Å². The summed E-state index contributed by atoms with van der Waals surface area (Å²) in [7, 11) is 3.06. The summed E-state index contributed by atoms with van der Waals surface area (Å²) in [4.78, 5) is 11.2. The predicted molar refractivity (Wildman–Crippen MR) is 62.8 cm³/mol. The molecule has 3 nitrogen and oxygen atoms in total. The van der Waals surface area contributed by atoms with Crippen molar-refractivity contribution in [3.63, 3.8) is 0 Å². The van der Waals surface area contributed by atoms with E-state index < -0.39 is 0 Å². The molecule has 0 aromatic heterocycles. The number of methoxy groups -OCH3 is 2. The molecule has 1 unspecified atom stereocenters. The normalized spacial score (nSPS) is 12.0. The van der Waals surface area contributed by atoms with Crippen LogP contribution in [0.4, 0.5) is 0 Å². The van der Waals surface area contributed by atoms with Gasteiger partial charge in [0.2, 0.25) is 0 Å². The molecule has 0 bridgehead atoms. The van der Waals surface area contributed by atoms with Gasteiger partial charge in [-0.1, -0.05) is 19.1 Å². The Balaban J connectivity index is 2.80. The molecule has 0 N–H and O–H groups in total. The Labute approximate surface area is 96.4 Å². The largest absolute Gasteiger partial charge is 0.496 e. The van der Waals surface area contributed by atoms with Crippen molar-refractivity contribution in [2.45, 2.75) is 26.2 Å². The van der Waals surface area contributed by atoms with Gasteiger partial charge in [0, 0.05) is 0 Å². The Hall–Kier alpha value is -1.51. The molecule has 0 aliphatic heterocycles. The van der Waals surface area contributed by atoms with Crippen LogP contribution >= 0.6 is 0 Å². The molecule has 0 amide bonds. The fourth-order valence-electron chi connectivity index (χ4n) is 1.66. The molecule has 0 aliphatic carbocycles. The van der Waals surface area contributed by atoms with Gasteiger partial charge in [-0.25, -0.2) is 0 Å². The number of carbonyl (C=O) groups is 1. The van der Waals surface area contributed by atoms with Gasteiger partial charge in [-0.3, -0.25) is 4.79 Å². The highest BCUT2D eigenvalue weighted by atomic mass is 16.5. The molecule has 0 fully saturated rings. The number of esters is 1. The van der Waals surface area contributed by atoms with Gasteiger partial charge in [-0.05, 0) is 30.0 Å². The molecule has 16 heavy (non-hydrogen) atoms. The molecule has 0 saturated carbocycles. The van der Waals surface area contributed by atoms with Gasteiger partial charge in [0.25, 0.3) is 0 Å². The number of ether oxygens (including phenoxy) is 2. The molecule has 1 atom stereocenters. The lowest BCUT2D eigenvalue weighted by Gasteiger charge is -2.12. The maximum Gasteiger partial charge on any atom is 0.306 e. The lowest BCUT2D eigenvalue weighted by Crippen LogP contribution is -2.06. The highest BCUT2D eigenvalue weighted by Crippen LogP contribution is 2.25. The zero-order chi connectivity index (χ0) is 12.1. The van der Waals surface area contributed by atoms with Crippen LogP contribution in [-0.2, 0) is 9.53 Å². The lowest BCUT2D eigenvalue weighted by atomic mass is 9.96. The van der Waals surface area contributed by atoms with Crippen LogP contribution in [0.3, 0.4) is 0 Å². The van der Waals surface area contributed by atoms with Crippen molar-refractivity contribution >= 4 is 5.97 Å². The van der Waals surface area contributed by atoms with E-state index in [4.69, 9.17) is 4.74 Å². The fourth-order valence-corrected chi connectivity index (χ4v) is 1.66. The first kappa shape index (κ1) is 12.6. The first-order valence-electron chi connectivity index (χ1n) is 5.29. The second-order valence-corrected chi connectivity index (χ2v) is 3.91. The average Bonchev–Trinajstić information content (AvgIpc) is 2.28. The summed E-state index contributed by atoms with van der Waals surface area (Å²) in [5, 5.41) is 0. The van der Waals surface area contributed by atoms with E-state index >= 15 is 0 Å². The minimum atomic E-state index is -0.180. The van der Waals surface area contributed by atoms with Crippen LogP contribution in [0, 0.1) is 6.92 Å². The lowest BCUT2D eigenvalue weighted by molar-refractivity contribution is -0.140. The number of rotatable bonds is 4. The highest BCUT2D eigenvalue weighted by Gasteiger charge is 2.12. The van der Waals surface area contributed by atoms with E-state index in [9.17, 15) is 4.79 Å². The van der Waals surface area contributed by atoms with Crippen LogP contribution in [0.15, 0.2) is 18.2 Å². The van der Waals surface area contributed by atoms with Crippen molar-refractivity contribution < 1.29 is 14.3 Å². The smallest absolute Gasteiger partial charge is 0.306 e. The molecule has 0 saturated heterocycles. The van der Waals surface area contributed by atoms with E-state index in [2.05, 4.69) is 4.74 Å². The summed E-state index contributed by atoms with van der Waals surface area (Å²) in [5.74, 6) is 0.854. The Morgan fingerprint density at radius 2 is 2.06 bits per heavy atom. The van der Waals surface area contributed by atoms with Crippen molar-refractivity contribution in [1.29, 1.82) is 0 Å². The van der Waals surface area contributed by atoms with Crippen molar-refractivity contribution in [3.8, 4) is 5.75 Å². The number of aryl methyl sites for hydroxylation is 1. The van der Waals surface area contributed by atoms with E-state index in [1.165, 1.54) is 7.11 Å². The summed E-state index contributed by atoms with van der Waals surface area (Å²) in [5.41, 5.74) is 2.21. The van der Waals surface area contributed by atoms with Crippen LogP contribution in [0.1, 0.15) is 30.4 Å². The van der Waals surface area contributed by atoms with Gasteiger partial charge in [0.15, 0.2) is 0 Å². The van der Waals surface area contributed by atoms with Crippen LogP contribution in [0.5, 0.6) is 5.75 Å². The van der Waals surface area contributed by atoms with Gasteiger partial charge in [-0.2, -0.15) is 0 Å². The van der Waals surface area contributed by atoms with Gasteiger partial charge < -0.3 is 9.47 Å². The zero-order valence-corrected chi connectivity index (χ0v) is 10.2. The third kappa shape index (κ3) is 2.99. The summed E-state index contributed by atoms with van der Waals surface area (Å²) in [6.07, 6.45) is 0.405. The topological polar surface area (TPSA) is 35.5 Å². The molecule has 1 aromatic carbocycles. The van der Waals surface area contributed by atoms with Crippen LogP contribution in [-0.4, -0.2) is 20.2 Å². The molecule has 3 heteroatoms. The van der Waals surface area contributed by atoms with Gasteiger partial charge >= 0.3 is 5.97 Å². The standard InChI is InChI=1S/C13H18O3/c1-9(8-13(14)16-4)11-5-6-12(15-3)10(2)7-11/h5-7,9H,8H2,1-4H3. The number of hydrogen-bond donors (Lipinski definition) is 0. The summed E-state index contributed by atoms with van der Waals surface area (Å²) in [6.45, 7) is 4.01. The average molecular weight is 222 g/mol. The summed E-state index contributed by atoms with van der Waals surface area (Å²) < 4.78 is 9.84. The molecule has 0 aliphatic rings. The van der Waals surface area contributed by atoms with Crippen LogP contribution in [0.2, 0.25) is 0 Å². The molecular weight excluding hydrogens is 204 g/mol. The van der Waals surface area contributed by atoms with Gasteiger partial charge in [-0.15, -0.1) is 0 Å². The predicted octanol–water partition coefficient (Wildman–Crippen LogP) is 2.67. The third-order valence-electron chi connectivity index (χ3n) is 2.69. The second kappa shape index (κ2) is 5.54. The maximum absolute atomic E-state index is 11.2. The van der Waals surface area contributed by atoms with E-state index in [1.807, 2.05) is 32.0 Å². The quantitative estimate of drug-likeness (QED) is 0.735. The van der Waals surface area contributed by atoms with Crippen LogP contribution < -0.4 is 4.74 Å². The third-order valence-corrected chi connectivity index (χ3v) is 2.69. The highest BCUT2D eigenvalue weighted by molar-refractivity contribution is 5.70. The number of carbonyl (C=O) groups excluding carboxylic acids is 1. The van der Waals surface area contributed by atoms with Crippen molar-refractivity contribution in [2.24, 2.45) is 0 Å². The SMILES string of the molecule is COC(=O)CC(C)c1ccc(OC)c(C)c1. The summed E-state index contributed by atoms with van der Waals surface area (Å²) >= 11 is 0. The molecule has 0 heterocycles. The van der Waals surface area contributed by atoms with E-state index in [-0.39, 0.29) is 11.9 Å². The molecule has 88 valence electrons. The van der Waals surface area contributed by atoms with Crippen LogP contribution in [0.25, 0.3) is 0 Å². The number of hydrogen-bond acceptors (Lipinski definition) is 3. The Morgan fingerprint density at radius 1 is 1.38 bits per heavy atom. The zero-order valence-electron chi connectivity index (χ0n) is 10.2.